The van der Waals surface area contributed by atoms with E-state index in [0.717, 1.165) is 0 Å². The number of hydrogen-bond donors (Lipinski definition) is 2. The Kier molecular flexibility index (Phi) is 5.98. The molecule has 1 unspecified atom stereocenters. The Morgan fingerprint density at radius 3 is 2.67 bits per heavy atom. The molecule has 0 radical (unpaired) electrons. The van der Waals surface area contributed by atoms with Crippen molar-refractivity contribution in [2.45, 2.75) is 45.8 Å². The topological polar surface area (TPSA) is 84.6 Å². The third kappa shape index (κ3) is 4.83. The summed E-state index contributed by atoms with van der Waals surface area (Å²) in [6, 6.07) is 8.81. The standard InChI is InChI=1S/C18H24N2O4/c1-11(2)17-9-15(20-24-17)18(22)19-10-16(21)13-6-5-7-14(8-13)23-12(3)4/h5-9,11-12,16,21H,10H2,1-4H3,(H,19,22). The molecule has 24 heavy (non-hydrogen) atoms. The summed E-state index contributed by atoms with van der Waals surface area (Å²) in [5.74, 6) is 1.12. The number of rotatable bonds is 7. The molecule has 2 rings (SSSR count). The highest BCUT2D eigenvalue weighted by Gasteiger charge is 2.16. The van der Waals surface area contributed by atoms with Crippen LogP contribution in [0.4, 0.5) is 0 Å². The van der Waals surface area contributed by atoms with E-state index in [1.165, 1.54) is 0 Å². The van der Waals surface area contributed by atoms with Gasteiger partial charge in [-0.1, -0.05) is 31.1 Å². The number of carbonyl (C=O) groups excluding carboxylic acids is 1. The quantitative estimate of drug-likeness (QED) is 0.814. The predicted molar refractivity (Wildman–Crippen MR) is 90.1 cm³/mol. The highest BCUT2D eigenvalue weighted by molar-refractivity contribution is 5.92. The van der Waals surface area contributed by atoms with Gasteiger partial charge in [0.15, 0.2) is 5.69 Å². The summed E-state index contributed by atoms with van der Waals surface area (Å²) in [4.78, 5) is 12.1. The van der Waals surface area contributed by atoms with Crippen molar-refractivity contribution in [2.24, 2.45) is 0 Å². The number of nitrogens with zero attached hydrogens (tertiary/aromatic N) is 1. The number of ether oxygens (including phenoxy) is 1. The smallest absolute Gasteiger partial charge is 0.273 e. The Morgan fingerprint density at radius 1 is 1.29 bits per heavy atom. The van der Waals surface area contributed by atoms with Gasteiger partial charge in [-0.2, -0.15) is 0 Å². The van der Waals surface area contributed by atoms with Crippen molar-refractivity contribution in [3.8, 4) is 5.75 Å². The Bertz CT molecular complexity index is 679. The second-order valence-corrected chi connectivity index (χ2v) is 6.23. The van der Waals surface area contributed by atoms with Crippen LogP contribution < -0.4 is 10.1 Å². The first-order chi connectivity index (χ1) is 11.4. The molecule has 1 heterocycles. The van der Waals surface area contributed by atoms with Gasteiger partial charge in [-0.25, -0.2) is 0 Å². The lowest BCUT2D eigenvalue weighted by atomic mass is 10.1. The summed E-state index contributed by atoms with van der Waals surface area (Å²) < 4.78 is 10.7. The van der Waals surface area contributed by atoms with Gasteiger partial charge in [-0.3, -0.25) is 4.79 Å². The van der Waals surface area contributed by atoms with Crippen LogP contribution in [0.2, 0.25) is 0 Å². The first-order valence-electron chi connectivity index (χ1n) is 8.06. The van der Waals surface area contributed by atoms with E-state index in [2.05, 4.69) is 10.5 Å². The van der Waals surface area contributed by atoms with E-state index in [1.54, 1.807) is 18.2 Å². The fourth-order valence-corrected chi connectivity index (χ4v) is 2.13. The van der Waals surface area contributed by atoms with Crippen molar-refractivity contribution in [3.05, 3.63) is 47.3 Å². The average Bonchev–Trinajstić information content (AvgIpc) is 3.02. The van der Waals surface area contributed by atoms with Crippen LogP contribution in [0.3, 0.4) is 0 Å². The van der Waals surface area contributed by atoms with E-state index in [4.69, 9.17) is 9.26 Å². The van der Waals surface area contributed by atoms with E-state index >= 15 is 0 Å². The van der Waals surface area contributed by atoms with Gasteiger partial charge in [0.25, 0.3) is 5.91 Å². The second-order valence-electron chi connectivity index (χ2n) is 6.23. The summed E-state index contributed by atoms with van der Waals surface area (Å²) in [5.41, 5.74) is 0.888. The number of aromatic nitrogens is 1. The first kappa shape index (κ1) is 18.0. The lowest BCUT2D eigenvalue weighted by molar-refractivity contribution is 0.0907. The molecule has 0 fully saturated rings. The van der Waals surface area contributed by atoms with E-state index in [9.17, 15) is 9.90 Å². The van der Waals surface area contributed by atoms with Crippen molar-refractivity contribution in [1.82, 2.24) is 10.5 Å². The highest BCUT2D eigenvalue weighted by atomic mass is 16.5. The van der Waals surface area contributed by atoms with Crippen molar-refractivity contribution in [3.63, 3.8) is 0 Å². The number of amides is 1. The van der Waals surface area contributed by atoms with Crippen LogP contribution >= 0.6 is 0 Å². The number of aliphatic hydroxyl groups is 1. The zero-order valence-electron chi connectivity index (χ0n) is 14.4. The summed E-state index contributed by atoms with van der Waals surface area (Å²) in [7, 11) is 0. The minimum Gasteiger partial charge on any atom is -0.491 e. The molecule has 0 saturated carbocycles. The molecule has 0 aliphatic rings. The number of carbonyl (C=O) groups is 1. The zero-order chi connectivity index (χ0) is 17.7. The fraction of sp³-hybridized carbons (Fsp3) is 0.444. The lowest BCUT2D eigenvalue weighted by Crippen LogP contribution is -2.28. The number of aliphatic hydroxyl groups excluding tert-OH is 1. The maximum absolute atomic E-state index is 12.1. The lowest BCUT2D eigenvalue weighted by Gasteiger charge is -2.14. The molecule has 130 valence electrons. The molecule has 1 atom stereocenters. The Hall–Kier alpha value is -2.34. The van der Waals surface area contributed by atoms with Crippen LogP contribution in [0.15, 0.2) is 34.9 Å². The van der Waals surface area contributed by atoms with Crippen LogP contribution in [-0.4, -0.2) is 28.8 Å². The molecule has 0 bridgehead atoms. The maximum Gasteiger partial charge on any atom is 0.273 e. The molecule has 6 nitrogen and oxygen atoms in total. The van der Waals surface area contributed by atoms with Gasteiger partial charge in [-0.05, 0) is 31.5 Å². The van der Waals surface area contributed by atoms with Crippen molar-refractivity contribution < 1.29 is 19.2 Å². The van der Waals surface area contributed by atoms with Crippen molar-refractivity contribution in [1.29, 1.82) is 0 Å². The van der Waals surface area contributed by atoms with Gasteiger partial charge >= 0.3 is 0 Å². The normalized spacial score (nSPS) is 12.5. The van der Waals surface area contributed by atoms with E-state index < -0.39 is 6.10 Å². The number of benzene rings is 1. The molecule has 0 aliphatic heterocycles. The average molecular weight is 332 g/mol. The largest absolute Gasteiger partial charge is 0.491 e. The molecular formula is C18H24N2O4. The summed E-state index contributed by atoms with van der Waals surface area (Å²) in [6.07, 6.45) is -0.777. The Labute approximate surface area is 141 Å². The highest BCUT2D eigenvalue weighted by Crippen LogP contribution is 2.20. The monoisotopic (exact) mass is 332 g/mol. The van der Waals surface area contributed by atoms with Crippen LogP contribution in [0.1, 0.15) is 61.5 Å². The van der Waals surface area contributed by atoms with Crippen LogP contribution in [-0.2, 0) is 0 Å². The number of nitrogens with one attached hydrogen (secondary N) is 1. The molecule has 6 heteroatoms. The first-order valence-corrected chi connectivity index (χ1v) is 8.06. The van der Waals surface area contributed by atoms with Crippen LogP contribution in [0, 0.1) is 0 Å². The molecular weight excluding hydrogens is 308 g/mol. The van der Waals surface area contributed by atoms with Gasteiger partial charge in [-0.15, -0.1) is 0 Å². The maximum atomic E-state index is 12.1. The van der Waals surface area contributed by atoms with E-state index in [0.29, 0.717) is 17.1 Å². The third-order valence-corrected chi connectivity index (χ3v) is 3.40. The SMILES string of the molecule is CC(C)Oc1cccc(C(O)CNC(=O)c2cc(C(C)C)on2)c1. The molecule has 0 spiro atoms. The van der Waals surface area contributed by atoms with E-state index in [-0.39, 0.29) is 30.2 Å². The van der Waals surface area contributed by atoms with Gasteiger partial charge in [0, 0.05) is 18.5 Å². The molecule has 1 aromatic heterocycles. The third-order valence-electron chi connectivity index (χ3n) is 3.40. The minimum absolute atomic E-state index is 0.0550. The second kappa shape index (κ2) is 7.97. The van der Waals surface area contributed by atoms with Gasteiger partial charge < -0.3 is 19.7 Å². The van der Waals surface area contributed by atoms with Gasteiger partial charge in [0.2, 0.25) is 0 Å². The van der Waals surface area contributed by atoms with Gasteiger partial charge in [0.1, 0.15) is 11.5 Å². The van der Waals surface area contributed by atoms with Crippen LogP contribution in [0.5, 0.6) is 5.75 Å². The summed E-state index contributed by atoms with van der Waals surface area (Å²) in [6.45, 7) is 7.86. The molecule has 0 aliphatic carbocycles. The van der Waals surface area contributed by atoms with E-state index in [1.807, 2.05) is 39.8 Å². The fourth-order valence-electron chi connectivity index (χ4n) is 2.13. The minimum atomic E-state index is -0.832. The Morgan fingerprint density at radius 2 is 2.04 bits per heavy atom. The molecule has 1 amide bonds. The Balaban J connectivity index is 1.94. The molecule has 1 aromatic carbocycles. The molecule has 2 aromatic rings. The van der Waals surface area contributed by atoms with Crippen molar-refractivity contribution >= 4 is 5.91 Å². The number of hydrogen-bond acceptors (Lipinski definition) is 5. The summed E-state index contributed by atoms with van der Waals surface area (Å²) in [5, 5.41) is 16.7. The summed E-state index contributed by atoms with van der Waals surface area (Å²) >= 11 is 0. The van der Waals surface area contributed by atoms with Crippen molar-refractivity contribution in [2.75, 3.05) is 6.54 Å². The molecule has 2 N–H and O–H groups in total. The predicted octanol–water partition coefficient (Wildman–Crippen LogP) is 3.05. The molecule has 0 saturated heterocycles. The van der Waals surface area contributed by atoms with Gasteiger partial charge in [0.05, 0.1) is 12.2 Å². The van der Waals surface area contributed by atoms with Crippen LogP contribution in [0.25, 0.3) is 0 Å². The zero-order valence-corrected chi connectivity index (χ0v) is 14.4.